The number of benzene rings is 1. The summed E-state index contributed by atoms with van der Waals surface area (Å²) in [7, 11) is 1.73. The van der Waals surface area contributed by atoms with E-state index in [0.29, 0.717) is 42.6 Å². The number of ether oxygens (including phenoxy) is 1. The van der Waals surface area contributed by atoms with E-state index in [1.54, 1.807) is 29.5 Å². The lowest BCUT2D eigenvalue weighted by molar-refractivity contribution is 0.0768. The lowest BCUT2D eigenvalue weighted by Crippen LogP contribution is -2.31. The molecule has 0 fully saturated rings. The molecule has 1 aromatic heterocycles. The Balaban J connectivity index is 0.00000264. The topological polar surface area (TPSA) is 68.5 Å². The minimum absolute atomic E-state index is 0. The molecule has 2 aromatic rings. The van der Waals surface area contributed by atoms with Crippen molar-refractivity contribution in [2.24, 2.45) is 5.73 Å². The monoisotopic (exact) mass is 375 g/mol. The molecule has 126 valence electrons. The van der Waals surface area contributed by atoms with Gasteiger partial charge in [0.05, 0.1) is 11.6 Å². The predicted octanol–water partition coefficient (Wildman–Crippen LogP) is 2.87. The lowest BCUT2D eigenvalue weighted by Gasteiger charge is -2.16. The fourth-order valence-electron chi connectivity index (χ4n) is 1.80. The number of thiazole rings is 1. The Bertz CT molecular complexity index is 637. The molecule has 0 aliphatic heterocycles. The van der Waals surface area contributed by atoms with Crippen LogP contribution in [-0.4, -0.2) is 42.5 Å². The number of rotatable bonds is 7. The Kier molecular flexibility index (Phi) is 8.33. The minimum atomic E-state index is -0.116. The zero-order chi connectivity index (χ0) is 15.9. The number of carbonyl (C=O) groups excluding carboxylic acids is 1. The van der Waals surface area contributed by atoms with Crippen LogP contribution < -0.4 is 10.5 Å². The molecule has 1 aromatic carbocycles. The Hall–Kier alpha value is -1.34. The maximum absolute atomic E-state index is 12.2. The molecule has 0 saturated heterocycles. The molecule has 0 saturated carbocycles. The van der Waals surface area contributed by atoms with E-state index in [0.717, 1.165) is 5.01 Å². The van der Waals surface area contributed by atoms with E-state index >= 15 is 0 Å². The number of carbonyl (C=O) groups is 1. The molecule has 0 radical (unpaired) electrons. The van der Waals surface area contributed by atoms with Crippen LogP contribution in [0.2, 0.25) is 5.02 Å². The number of amides is 1. The van der Waals surface area contributed by atoms with Crippen molar-refractivity contribution in [3.05, 3.63) is 45.4 Å². The van der Waals surface area contributed by atoms with Gasteiger partial charge in [-0.1, -0.05) is 17.7 Å². The molecule has 0 atom stereocenters. The van der Waals surface area contributed by atoms with Crippen LogP contribution in [0.25, 0.3) is 0 Å². The van der Waals surface area contributed by atoms with Crippen LogP contribution in [0, 0.1) is 0 Å². The van der Waals surface area contributed by atoms with Crippen LogP contribution in [0.3, 0.4) is 0 Å². The van der Waals surface area contributed by atoms with Crippen molar-refractivity contribution in [1.82, 2.24) is 9.88 Å². The SMILES string of the molecule is CN(CCOc1cccc(Cl)c1)C(=O)c1csc(CCN)n1.Cl. The summed E-state index contributed by atoms with van der Waals surface area (Å²) in [5, 5.41) is 3.27. The Morgan fingerprint density at radius 3 is 2.96 bits per heavy atom. The average molecular weight is 376 g/mol. The number of nitrogens with two attached hydrogens (primary N) is 1. The third-order valence-corrected chi connectivity index (χ3v) is 4.11. The molecular formula is C15H19Cl2N3O2S. The van der Waals surface area contributed by atoms with E-state index in [9.17, 15) is 4.79 Å². The Morgan fingerprint density at radius 2 is 2.26 bits per heavy atom. The second-order valence-corrected chi connectivity index (χ2v) is 6.08. The maximum Gasteiger partial charge on any atom is 0.273 e. The highest BCUT2D eigenvalue weighted by molar-refractivity contribution is 7.09. The third-order valence-electron chi connectivity index (χ3n) is 2.97. The number of likely N-dealkylation sites (N-methyl/N-ethyl adjacent to an activating group) is 1. The molecule has 0 unspecified atom stereocenters. The second kappa shape index (κ2) is 9.72. The first-order valence-corrected chi connectivity index (χ1v) is 8.14. The zero-order valence-corrected chi connectivity index (χ0v) is 15.1. The molecule has 0 aliphatic carbocycles. The first-order valence-electron chi connectivity index (χ1n) is 6.88. The van der Waals surface area contributed by atoms with Gasteiger partial charge in [-0.3, -0.25) is 4.79 Å². The van der Waals surface area contributed by atoms with Crippen molar-refractivity contribution in [3.8, 4) is 5.75 Å². The largest absolute Gasteiger partial charge is 0.492 e. The van der Waals surface area contributed by atoms with Crippen molar-refractivity contribution in [2.75, 3.05) is 26.7 Å². The van der Waals surface area contributed by atoms with Gasteiger partial charge in [0, 0.05) is 23.9 Å². The van der Waals surface area contributed by atoms with E-state index in [1.807, 2.05) is 12.1 Å². The number of halogens is 2. The van der Waals surface area contributed by atoms with Gasteiger partial charge in [0.25, 0.3) is 5.91 Å². The van der Waals surface area contributed by atoms with Gasteiger partial charge in [0.15, 0.2) is 0 Å². The average Bonchev–Trinajstić information content (AvgIpc) is 2.95. The van der Waals surface area contributed by atoms with Gasteiger partial charge < -0.3 is 15.4 Å². The minimum Gasteiger partial charge on any atom is -0.492 e. The number of nitrogens with zero attached hydrogens (tertiary/aromatic N) is 2. The number of aromatic nitrogens is 1. The smallest absolute Gasteiger partial charge is 0.273 e. The van der Waals surface area contributed by atoms with Crippen molar-refractivity contribution in [1.29, 1.82) is 0 Å². The molecular weight excluding hydrogens is 357 g/mol. The zero-order valence-electron chi connectivity index (χ0n) is 12.7. The summed E-state index contributed by atoms with van der Waals surface area (Å²) < 4.78 is 5.57. The molecule has 8 heteroatoms. The summed E-state index contributed by atoms with van der Waals surface area (Å²) >= 11 is 7.34. The van der Waals surface area contributed by atoms with Gasteiger partial charge in [-0.2, -0.15) is 0 Å². The normalized spacial score (nSPS) is 10.0. The van der Waals surface area contributed by atoms with Gasteiger partial charge in [0.1, 0.15) is 18.1 Å². The molecule has 0 spiro atoms. The van der Waals surface area contributed by atoms with Crippen LogP contribution >= 0.6 is 35.3 Å². The van der Waals surface area contributed by atoms with Crippen molar-refractivity contribution in [3.63, 3.8) is 0 Å². The standard InChI is InChI=1S/C15H18ClN3O2S.ClH/c1-19(7-8-21-12-4-2-3-11(16)9-12)15(20)13-10-22-14(18-13)5-6-17;/h2-4,9-10H,5-8,17H2,1H3;1H. The third kappa shape index (κ3) is 5.99. The first kappa shape index (κ1) is 19.7. The maximum atomic E-state index is 12.2. The van der Waals surface area contributed by atoms with Gasteiger partial charge in [-0.25, -0.2) is 4.98 Å². The molecule has 5 nitrogen and oxygen atoms in total. The molecule has 23 heavy (non-hydrogen) atoms. The fraction of sp³-hybridized carbons (Fsp3) is 0.333. The van der Waals surface area contributed by atoms with Crippen LogP contribution in [-0.2, 0) is 6.42 Å². The Morgan fingerprint density at radius 1 is 1.48 bits per heavy atom. The van der Waals surface area contributed by atoms with Gasteiger partial charge in [-0.15, -0.1) is 23.7 Å². The van der Waals surface area contributed by atoms with E-state index in [2.05, 4.69) is 4.98 Å². The van der Waals surface area contributed by atoms with E-state index in [-0.39, 0.29) is 18.3 Å². The van der Waals surface area contributed by atoms with E-state index in [4.69, 9.17) is 22.1 Å². The number of hydrogen-bond donors (Lipinski definition) is 1. The van der Waals surface area contributed by atoms with Gasteiger partial charge in [0.2, 0.25) is 0 Å². The number of hydrogen-bond acceptors (Lipinski definition) is 5. The first-order chi connectivity index (χ1) is 10.6. The van der Waals surface area contributed by atoms with Crippen LogP contribution in [0.4, 0.5) is 0 Å². The summed E-state index contributed by atoms with van der Waals surface area (Å²) in [6.07, 6.45) is 0.694. The summed E-state index contributed by atoms with van der Waals surface area (Å²) in [6.45, 7) is 1.39. The van der Waals surface area contributed by atoms with Gasteiger partial charge >= 0.3 is 0 Å². The summed E-state index contributed by atoms with van der Waals surface area (Å²) in [5.74, 6) is 0.571. The summed E-state index contributed by atoms with van der Waals surface area (Å²) in [5.41, 5.74) is 5.94. The predicted molar refractivity (Wildman–Crippen MR) is 96.0 cm³/mol. The summed E-state index contributed by atoms with van der Waals surface area (Å²) in [4.78, 5) is 18.1. The second-order valence-electron chi connectivity index (χ2n) is 4.70. The van der Waals surface area contributed by atoms with Crippen LogP contribution in [0.1, 0.15) is 15.5 Å². The molecule has 1 amide bonds. The van der Waals surface area contributed by atoms with E-state index in [1.165, 1.54) is 11.3 Å². The van der Waals surface area contributed by atoms with Crippen LogP contribution in [0.5, 0.6) is 5.75 Å². The molecule has 0 aliphatic rings. The van der Waals surface area contributed by atoms with Crippen molar-refractivity contribution < 1.29 is 9.53 Å². The highest BCUT2D eigenvalue weighted by atomic mass is 35.5. The summed E-state index contributed by atoms with van der Waals surface area (Å²) in [6, 6.07) is 7.17. The Labute approximate surface area is 150 Å². The highest BCUT2D eigenvalue weighted by Gasteiger charge is 2.15. The quantitative estimate of drug-likeness (QED) is 0.807. The van der Waals surface area contributed by atoms with Gasteiger partial charge in [-0.05, 0) is 24.7 Å². The fourth-order valence-corrected chi connectivity index (χ4v) is 2.77. The molecule has 0 bridgehead atoms. The lowest BCUT2D eigenvalue weighted by atomic mass is 10.3. The van der Waals surface area contributed by atoms with Crippen molar-refractivity contribution in [2.45, 2.75) is 6.42 Å². The molecule has 2 N–H and O–H groups in total. The van der Waals surface area contributed by atoms with Crippen LogP contribution in [0.15, 0.2) is 29.6 Å². The van der Waals surface area contributed by atoms with E-state index < -0.39 is 0 Å². The molecule has 1 heterocycles. The van der Waals surface area contributed by atoms with Crippen molar-refractivity contribution >= 4 is 41.3 Å². The highest BCUT2D eigenvalue weighted by Crippen LogP contribution is 2.17. The molecule has 2 rings (SSSR count).